The third kappa shape index (κ3) is 2.88. The molecule has 0 bridgehead atoms. The quantitative estimate of drug-likeness (QED) is 0.895. The molecule has 1 aromatic rings. The Labute approximate surface area is 111 Å². The zero-order valence-electron chi connectivity index (χ0n) is 10.9. The monoisotopic (exact) mass is 272 g/mol. The molecule has 0 radical (unpaired) electrons. The number of carboxylic acid groups (broad SMARTS) is 1. The lowest BCUT2D eigenvalue weighted by molar-refractivity contribution is -0.136. The van der Waals surface area contributed by atoms with Crippen LogP contribution in [0.5, 0.6) is 11.5 Å². The van der Waals surface area contributed by atoms with Crippen molar-refractivity contribution in [3.05, 3.63) is 22.2 Å². The molecule has 0 aliphatic carbocycles. The van der Waals surface area contributed by atoms with Crippen LogP contribution in [0, 0.1) is 0 Å². The van der Waals surface area contributed by atoms with Crippen LogP contribution in [0.3, 0.4) is 0 Å². The minimum atomic E-state index is -0.903. The molecule has 0 unspecified atom stereocenters. The van der Waals surface area contributed by atoms with Crippen LogP contribution in [0.1, 0.15) is 30.9 Å². The Kier molecular flexibility index (Phi) is 4.84. The van der Waals surface area contributed by atoms with Gasteiger partial charge in [-0.1, -0.05) is 25.4 Å². The van der Waals surface area contributed by atoms with Gasteiger partial charge in [0.25, 0.3) is 0 Å². The summed E-state index contributed by atoms with van der Waals surface area (Å²) in [5.41, 5.74) is 1.47. The zero-order valence-corrected chi connectivity index (χ0v) is 11.7. The van der Waals surface area contributed by atoms with Crippen molar-refractivity contribution >= 4 is 17.6 Å². The van der Waals surface area contributed by atoms with Crippen molar-refractivity contribution in [2.45, 2.75) is 26.2 Å². The first-order valence-corrected chi connectivity index (χ1v) is 5.95. The Bertz CT molecular complexity index is 455. The van der Waals surface area contributed by atoms with Crippen molar-refractivity contribution in [1.82, 2.24) is 0 Å². The first-order chi connectivity index (χ1) is 8.42. The van der Waals surface area contributed by atoms with Crippen molar-refractivity contribution in [1.29, 1.82) is 0 Å². The van der Waals surface area contributed by atoms with E-state index in [1.807, 2.05) is 13.8 Å². The highest BCUT2D eigenvalue weighted by Gasteiger charge is 2.22. The van der Waals surface area contributed by atoms with Crippen molar-refractivity contribution in [3.8, 4) is 11.5 Å². The predicted molar refractivity (Wildman–Crippen MR) is 70.0 cm³/mol. The van der Waals surface area contributed by atoms with E-state index in [4.69, 9.17) is 26.2 Å². The van der Waals surface area contributed by atoms with Gasteiger partial charge in [0, 0.05) is 5.56 Å². The fraction of sp³-hybridized carbons (Fsp3) is 0.462. The van der Waals surface area contributed by atoms with Crippen molar-refractivity contribution < 1.29 is 19.4 Å². The van der Waals surface area contributed by atoms with Crippen LogP contribution in [0.15, 0.2) is 6.07 Å². The Morgan fingerprint density at radius 2 is 1.89 bits per heavy atom. The molecule has 0 saturated heterocycles. The smallest absolute Gasteiger partial charge is 0.307 e. The van der Waals surface area contributed by atoms with E-state index in [2.05, 4.69) is 0 Å². The van der Waals surface area contributed by atoms with Crippen LogP contribution in [0.2, 0.25) is 5.02 Å². The van der Waals surface area contributed by atoms with Crippen LogP contribution in [0.25, 0.3) is 0 Å². The number of carboxylic acids is 1. The second kappa shape index (κ2) is 5.96. The van der Waals surface area contributed by atoms with Crippen LogP contribution in [-0.2, 0) is 11.2 Å². The van der Waals surface area contributed by atoms with Crippen LogP contribution in [0.4, 0.5) is 0 Å². The van der Waals surface area contributed by atoms with Crippen molar-refractivity contribution in [2.75, 3.05) is 14.2 Å². The molecule has 0 spiro atoms. The first kappa shape index (κ1) is 14.6. The molecule has 5 heteroatoms. The highest BCUT2D eigenvalue weighted by molar-refractivity contribution is 6.32. The molecule has 0 fully saturated rings. The van der Waals surface area contributed by atoms with E-state index in [0.29, 0.717) is 22.1 Å². The summed E-state index contributed by atoms with van der Waals surface area (Å²) >= 11 is 6.08. The lowest BCUT2D eigenvalue weighted by atomic mass is 9.93. The number of hydrogen-bond acceptors (Lipinski definition) is 3. The first-order valence-electron chi connectivity index (χ1n) is 5.57. The number of halogens is 1. The molecule has 0 aromatic heterocycles. The van der Waals surface area contributed by atoms with E-state index >= 15 is 0 Å². The molecule has 1 N–H and O–H groups in total. The molecule has 1 rings (SSSR count). The van der Waals surface area contributed by atoms with Gasteiger partial charge in [0.2, 0.25) is 0 Å². The summed E-state index contributed by atoms with van der Waals surface area (Å²) in [4.78, 5) is 10.9. The Hall–Kier alpha value is -1.42. The Morgan fingerprint density at radius 3 is 2.28 bits per heavy atom. The molecule has 18 heavy (non-hydrogen) atoms. The SMILES string of the molecule is COc1c(Cl)cc(CC(=O)O)c(C(C)C)c1OC. The minimum Gasteiger partial charge on any atom is -0.492 e. The topological polar surface area (TPSA) is 55.8 Å². The molecule has 0 atom stereocenters. The third-order valence-electron chi connectivity index (χ3n) is 2.64. The fourth-order valence-electron chi connectivity index (χ4n) is 2.01. The van der Waals surface area contributed by atoms with Gasteiger partial charge in [0.05, 0.1) is 25.7 Å². The maximum atomic E-state index is 10.9. The molecule has 0 aliphatic rings. The van der Waals surface area contributed by atoms with E-state index in [9.17, 15) is 4.79 Å². The second-order valence-electron chi connectivity index (χ2n) is 4.22. The second-order valence-corrected chi connectivity index (χ2v) is 4.63. The molecule has 0 saturated carbocycles. The number of methoxy groups -OCH3 is 2. The summed E-state index contributed by atoms with van der Waals surface area (Å²) in [5.74, 6) is 0.161. The standard InChI is InChI=1S/C13H17ClO4/c1-7(2)11-8(6-10(15)16)5-9(14)12(17-3)13(11)18-4/h5,7H,6H2,1-4H3,(H,15,16). The van der Waals surface area contributed by atoms with Gasteiger partial charge in [-0.05, 0) is 17.5 Å². The number of aliphatic carboxylic acids is 1. The van der Waals surface area contributed by atoms with Crippen LogP contribution >= 0.6 is 11.6 Å². The number of rotatable bonds is 5. The van der Waals surface area contributed by atoms with E-state index in [1.165, 1.54) is 14.2 Å². The van der Waals surface area contributed by atoms with Crippen molar-refractivity contribution in [3.63, 3.8) is 0 Å². The summed E-state index contributed by atoms with van der Waals surface area (Å²) in [6.45, 7) is 3.94. The molecule has 100 valence electrons. The van der Waals surface area contributed by atoms with Gasteiger partial charge < -0.3 is 14.6 Å². The maximum absolute atomic E-state index is 10.9. The highest BCUT2D eigenvalue weighted by Crippen LogP contribution is 2.43. The molecule has 1 aromatic carbocycles. The van der Waals surface area contributed by atoms with Gasteiger partial charge in [-0.15, -0.1) is 0 Å². The van der Waals surface area contributed by atoms with Gasteiger partial charge in [-0.25, -0.2) is 0 Å². The van der Waals surface area contributed by atoms with Gasteiger partial charge in [-0.3, -0.25) is 4.79 Å². The van der Waals surface area contributed by atoms with Gasteiger partial charge in [0.1, 0.15) is 0 Å². The largest absolute Gasteiger partial charge is 0.492 e. The Balaban J connectivity index is 3.51. The van der Waals surface area contributed by atoms with Crippen LogP contribution < -0.4 is 9.47 Å². The molecular formula is C13H17ClO4. The number of hydrogen-bond donors (Lipinski definition) is 1. The highest BCUT2D eigenvalue weighted by atomic mass is 35.5. The summed E-state index contributed by atoms with van der Waals surface area (Å²) in [6.07, 6.45) is -0.0897. The molecular weight excluding hydrogens is 256 g/mol. The van der Waals surface area contributed by atoms with Crippen LogP contribution in [-0.4, -0.2) is 25.3 Å². The average Bonchev–Trinajstić information content (AvgIpc) is 2.26. The summed E-state index contributed by atoms with van der Waals surface area (Å²) in [6, 6.07) is 1.63. The van der Waals surface area contributed by atoms with Crippen molar-refractivity contribution in [2.24, 2.45) is 0 Å². The molecule has 4 nitrogen and oxygen atoms in total. The predicted octanol–water partition coefficient (Wildman–Crippen LogP) is 3.11. The Morgan fingerprint density at radius 1 is 1.33 bits per heavy atom. The normalized spacial score (nSPS) is 10.6. The number of benzene rings is 1. The summed E-state index contributed by atoms with van der Waals surface area (Å²) < 4.78 is 10.5. The fourth-order valence-corrected chi connectivity index (χ4v) is 2.30. The average molecular weight is 273 g/mol. The van der Waals surface area contributed by atoms with Gasteiger partial charge >= 0.3 is 5.97 Å². The number of carbonyl (C=O) groups is 1. The zero-order chi connectivity index (χ0) is 13.9. The molecule has 0 heterocycles. The number of ether oxygens (including phenoxy) is 2. The van der Waals surface area contributed by atoms with E-state index < -0.39 is 5.97 Å². The minimum absolute atomic E-state index is 0.0897. The van der Waals surface area contributed by atoms with Gasteiger partial charge in [0.15, 0.2) is 11.5 Å². The maximum Gasteiger partial charge on any atom is 0.307 e. The van der Waals surface area contributed by atoms with E-state index in [-0.39, 0.29) is 12.3 Å². The molecule has 0 amide bonds. The van der Waals surface area contributed by atoms with Gasteiger partial charge in [-0.2, -0.15) is 0 Å². The van der Waals surface area contributed by atoms with E-state index in [1.54, 1.807) is 6.07 Å². The van der Waals surface area contributed by atoms with E-state index in [0.717, 1.165) is 5.56 Å². The lowest BCUT2D eigenvalue weighted by Crippen LogP contribution is -2.08. The summed E-state index contributed by atoms with van der Waals surface area (Å²) in [5, 5.41) is 9.30. The molecule has 0 aliphatic heterocycles. The lowest BCUT2D eigenvalue weighted by Gasteiger charge is -2.20. The third-order valence-corrected chi connectivity index (χ3v) is 2.92. The summed E-state index contributed by atoms with van der Waals surface area (Å²) in [7, 11) is 3.02.